The van der Waals surface area contributed by atoms with Crippen molar-refractivity contribution in [2.45, 2.75) is 33.3 Å². The predicted molar refractivity (Wildman–Crippen MR) is 121 cm³/mol. The van der Waals surface area contributed by atoms with Crippen molar-refractivity contribution in [3.8, 4) is 11.5 Å². The molecule has 0 aromatic heterocycles. The first-order valence-corrected chi connectivity index (χ1v) is 10.1. The maximum Gasteiger partial charge on any atom is 0.331 e. The third-order valence-corrected chi connectivity index (χ3v) is 5.12. The van der Waals surface area contributed by atoms with Crippen LogP contribution < -0.4 is 0 Å². The number of phenols is 2. The van der Waals surface area contributed by atoms with Gasteiger partial charge in [0.1, 0.15) is 17.6 Å². The van der Waals surface area contributed by atoms with Crippen molar-refractivity contribution >= 4 is 23.6 Å². The maximum absolute atomic E-state index is 13.1. The Hall–Kier alpha value is -3.93. The van der Waals surface area contributed by atoms with Crippen LogP contribution in [0.3, 0.4) is 0 Å². The highest BCUT2D eigenvalue weighted by Crippen LogP contribution is 2.36. The fourth-order valence-electron chi connectivity index (χ4n) is 3.41. The fraction of sp³-hybridized carbons (Fsp3) is 0.192. The topological polar surface area (TPSA) is 101 Å². The molecule has 0 spiro atoms. The van der Waals surface area contributed by atoms with Gasteiger partial charge in [-0.1, -0.05) is 35.9 Å². The largest absolute Gasteiger partial charge is 0.507 e. The zero-order chi connectivity index (χ0) is 23.4. The number of carbonyl (C=O) groups excluding carboxylic acids is 3. The highest BCUT2D eigenvalue weighted by molar-refractivity contribution is 6.27. The molecule has 6 nitrogen and oxygen atoms in total. The zero-order valence-electron chi connectivity index (χ0n) is 18.1. The van der Waals surface area contributed by atoms with E-state index in [0.29, 0.717) is 0 Å². The number of benzene rings is 2. The van der Waals surface area contributed by atoms with E-state index in [2.05, 4.69) is 0 Å². The number of hydrogen-bond acceptors (Lipinski definition) is 6. The van der Waals surface area contributed by atoms with Crippen molar-refractivity contribution in [1.82, 2.24) is 0 Å². The highest BCUT2D eigenvalue weighted by atomic mass is 16.5. The molecule has 1 atom stereocenters. The second kappa shape index (κ2) is 9.47. The molecule has 6 heteroatoms. The molecule has 164 valence electrons. The van der Waals surface area contributed by atoms with Gasteiger partial charge in [0.05, 0.1) is 11.1 Å². The Labute approximate surface area is 186 Å². The van der Waals surface area contributed by atoms with E-state index in [0.717, 1.165) is 34.9 Å². The van der Waals surface area contributed by atoms with Gasteiger partial charge in [0.2, 0.25) is 0 Å². The lowest BCUT2D eigenvalue weighted by Gasteiger charge is -2.23. The van der Waals surface area contributed by atoms with E-state index in [-0.39, 0.29) is 23.1 Å². The van der Waals surface area contributed by atoms with E-state index in [1.165, 1.54) is 6.08 Å². The van der Waals surface area contributed by atoms with E-state index in [1.807, 2.05) is 45.0 Å². The molecular weight excluding hydrogens is 408 g/mol. The smallest absolute Gasteiger partial charge is 0.331 e. The summed E-state index contributed by atoms with van der Waals surface area (Å²) in [5, 5.41) is 20.2. The van der Waals surface area contributed by atoms with Gasteiger partial charge in [-0.15, -0.1) is 0 Å². The minimum Gasteiger partial charge on any atom is -0.507 e. The highest BCUT2D eigenvalue weighted by Gasteiger charge is 2.35. The number of carbonyl (C=O) groups is 3. The first-order valence-electron chi connectivity index (χ1n) is 10.1. The number of fused-ring (bicyclic) bond motifs is 1. The molecule has 0 amide bonds. The molecule has 1 aliphatic carbocycles. The number of ether oxygens (including phenoxy) is 1. The molecule has 0 aliphatic heterocycles. The number of allylic oxidation sites excluding steroid dienone is 2. The molecule has 1 aliphatic rings. The molecule has 2 aromatic rings. The summed E-state index contributed by atoms with van der Waals surface area (Å²) in [6.45, 7) is 5.63. The molecular formula is C26H24O6. The summed E-state index contributed by atoms with van der Waals surface area (Å²) in [4.78, 5) is 38.3. The Bertz CT molecular complexity index is 1180. The number of Topliss-reactive ketones (excluding diaryl/α,β-unsaturated/α-hetero) is 1. The minimum atomic E-state index is -1.04. The van der Waals surface area contributed by atoms with Gasteiger partial charge in [-0.3, -0.25) is 9.59 Å². The van der Waals surface area contributed by atoms with E-state index >= 15 is 0 Å². The van der Waals surface area contributed by atoms with Crippen LogP contribution in [0, 0.1) is 6.92 Å². The molecule has 0 bridgehead atoms. The van der Waals surface area contributed by atoms with E-state index < -0.39 is 35.1 Å². The van der Waals surface area contributed by atoms with Gasteiger partial charge in [0.25, 0.3) is 0 Å². The Morgan fingerprint density at radius 3 is 2.34 bits per heavy atom. The third kappa shape index (κ3) is 4.86. The molecule has 2 aromatic carbocycles. The molecule has 0 saturated heterocycles. The van der Waals surface area contributed by atoms with Crippen LogP contribution in [-0.4, -0.2) is 33.9 Å². The summed E-state index contributed by atoms with van der Waals surface area (Å²) in [6, 6.07) is 9.81. The standard InChI is InChI=1S/C26H24O6/c1-15(2)8-12-22(32-23(30)13-9-17-7-5-4-6-16(17)3)18-14-21(29)24-19(27)10-11-20(28)25(24)26(18)31/h4-11,13-14,22,27-28H,12H2,1-3H3/b13-9+. The third-order valence-electron chi connectivity index (χ3n) is 5.12. The van der Waals surface area contributed by atoms with Gasteiger partial charge < -0.3 is 14.9 Å². The number of phenolic OH excluding ortho intramolecular Hbond substituents is 2. The van der Waals surface area contributed by atoms with Gasteiger partial charge in [-0.25, -0.2) is 4.79 Å². The second-order valence-corrected chi connectivity index (χ2v) is 7.78. The lowest BCUT2D eigenvalue weighted by Crippen LogP contribution is -2.28. The van der Waals surface area contributed by atoms with E-state index in [1.54, 1.807) is 12.2 Å². The quantitative estimate of drug-likeness (QED) is 0.297. The monoisotopic (exact) mass is 432 g/mol. The fourth-order valence-corrected chi connectivity index (χ4v) is 3.41. The molecule has 0 radical (unpaired) electrons. The summed E-state index contributed by atoms with van der Waals surface area (Å²) >= 11 is 0. The van der Waals surface area contributed by atoms with Crippen LogP contribution in [-0.2, 0) is 9.53 Å². The second-order valence-electron chi connectivity index (χ2n) is 7.78. The maximum atomic E-state index is 13.1. The molecule has 32 heavy (non-hydrogen) atoms. The van der Waals surface area contributed by atoms with Crippen LogP contribution in [0.15, 0.2) is 65.8 Å². The molecule has 3 rings (SSSR count). The number of hydrogen-bond donors (Lipinski definition) is 2. The number of aromatic hydroxyl groups is 2. The Morgan fingerprint density at radius 1 is 1.03 bits per heavy atom. The van der Waals surface area contributed by atoms with Crippen molar-refractivity contribution in [2.75, 3.05) is 0 Å². The molecule has 2 N–H and O–H groups in total. The molecule has 0 saturated carbocycles. The van der Waals surface area contributed by atoms with Crippen molar-refractivity contribution < 1.29 is 29.3 Å². The first kappa shape index (κ1) is 22.7. The van der Waals surface area contributed by atoms with Gasteiger partial charge in [0.15, 0.2) is 11.6 Å². The van der Waals surface area contributed by atoms with Crippen molar-refractivity contribution in [3.05, 3.63) is 88.0 Å². The van der Waals surface area contributed by atoms with Crippen molar-refractivity contribution in [1.29, 1.82) is 0 Å². The minimum absolute atomic E-state index is 0.0569. The number of esters is 1. The average molecular weight is 432 g/mol. The van der Waals surface area contributed by atoms with Crippen LogP contribution in [0.25, 0.3) is 6.08 Å². The molecule has 0 heterocycles. The lowest BCUT2D eigenvalue weighted by atomic mass is 9.85. The van der Waals surface area contributed by atoms with Gasteiger partial charge in [-0.2, -0.15) is 0 Å². The van der Waals surface area contributed by atoms with E-state index in [4.69, 9.17) is 4.74 Å². The van der Waals surface area contributed by atoms with Crippen LogP contribution in [0.2, 0.25) is 0 Å². The normalized spacial score (nSPS) is 14.0. The number of aryl methyl sites for hydroxylation is 1. The Morgan fingerprint density at radius 2 is 1.69 bits per heavy atom. The summed E-state index contributed by atoms with van der Waals surface area (Å²) in [7, 11) is 0. The summed E-state index contributed by atoms with van der Waals surface area (Å²) in [5.41, 5.74) is 2.17. The van der Waals surface area contributed by atoms with Gasteiger partial charge in [-0.05, 0) is 56.2 Å². The zero-order valence-corrected chi connectivity index (χ0v) is 18.1. The SMILES string of the molecule is CC(C)=CCC(OC(=O)/C=C/c1ccccc1C)C1=CC(=O)c2c(O)ccc(O)c2C1=O. The molecule has 0 fully saturated rings. The number of rotatable bonds is 6. The van der Waals surface area contributed by atoms with Gasteiger partial charge >= 0.3 is 5.97 Å². The number of ketones is 2. The van der Waals surface area contributed by atoms with Crippen LogP contribution in [0.1, 0.15) is 52.1 Å². The van der Waals surface area contributed by atoms with Gasteiger partial charge in [0, 0.05) is 18.1 Å². The average Bonchev–Trinajstić information content (AvgIpc) is 2.74. The van der Waals surface area contributed by atoms with Crippen LogP contribution in [0.4, 0.5) is 0 Å². The van der Waals surface area contributed by atoms with Crippen LogP contribution in [0.5, 0.6) is 11.5 Å². The summed E-state index contributed by atoms with van der Waals surface area (Å²) < 4.78 is 5.55. The van der Waals surface area contributed by atoms with Crippen molar-refractivity contribution in [3.63, 3.8) is 0 Å². The van der Waals surface area contributed by atoms with Crippen LogP contribution >= 0.6 is 0 Å². The molecule has 1 unspecified atom stereocenters. The van der Waals surface area contributed by atoms with Crippen molar-refractivity contribution in [2.24, 2.45) is 0 Å². The first-order chi connectivity index (χ1) is 15.2. The predicted octanol–water partition coefficient (Wildman–Crippen LogP) is 4.69. The Balaban J connectivity index is 1.92. The van der Waals surface area contributed by atoms with E-state index in [9.17, 15) is 24.6 Å². The Kier molecular flexibility index (Phi) is 6.73. The summed E-state index contributed by atoms with van der Waals surface area (Å²) in [6.07, 6.45) is 4.88. The lowest BCUT2D eigenvalue weighted by molar-refractivity contribution is -0.140. The summed E-state index contributed by atoms with van der Waals surface area (Å²) in [5.74, 6) is -2.81.